The molecule has 1 aromatic rings. The van der Waals surface area contributed by atoms with E-state index in [0.29, 0.717) is 43.1 Å². The number of cyclic esters (lactones) is 1. The van der Waals surface area contributed by atoms with Crippen molar-refractivity contribution in [1.82, 2.24) is 4.90 Å². The van der Waals surface area contributed by atoms with Gasteiger partial charge in [-0.1, -0.05) is 60.9 Å². The molecule has 1 N–H and O–H groups in total. The topological polar surface area (TPSA) is 87.2 Å². The fourth-order valence-corrected chi connectivity index (χ4v) is 9.12. The number of hydrogen-bond acceptors (Lipinski definition) is 6. The average molecular weight is 559 g/mol. The van der Waals surface area contributed by atoms with Gasteiger partial charge in [0.05, 0.1) is 33.9 Å². The van der Waals surface area contributed by atoms with Crippen LogP contribution in [0.2, 0.25) is 5.02 Å². The largest absolute Gasteiger partial charge is 0.465 e. The first-order valence-electron chi connectivity index (χ1n) is 13.5. The predicted molar refractivity (Wildman–Crippen MR) is 149 cm³/mol. The van der Waals surface area contributed by atoms with E-state index in [4.69, 9.17) is 21.4 Å². The fourth-order valence-electron chi connectivity index (χ4n) is 6.64. The number of nitrogens with zero attached hydrogens (tertiary/aromatic N) is 2. The van der Waals surface area contributed by atoms with Gasteiger partial charge in [-0.2, -0.15) is 0 Å². The lowest BCUT2D eigenvalue weighted by molar-refractivity contribution is -0.154. The number of benzene rings is 1. The molecule has 5 atom stereocenters. The van der Waals surface area contributed by atoms with Gasteiger partial charge in [0.2, 0.25) is 5.91 Å². The number of carbonyl (C=O) groups excluding carboxylic acids is 3. The van der Waals surface area contributed by atoms with Crippen LogP contribution in [-0.2, 0) is 19.1 Å². The Balaban J connectivity index is 1.59. The number of unbranched alkanes of at least 4 members (excludes halogenated alkanes) is 3. The van der Waals surface area contributed by atoms with E-state index in [0.717, 1.165) is 18.4 Å². The van der Waals surface area contributed by atoms with E-state index in [2.05, 4.69) is 0 Å². The van der Waals surface area contributed by atoms with Gasteiger partial charge in [0.15, 0.2) is 0 Å². The van der Waals surface area contributed by atoms with E-state index in [9.17, 15) is 14.4 Å². The highest BCUT2D eigenvalue weighted by Crippen LogP contribution is 2.65. The third-order valence-electron chi connectivity index (χ3n) is 8.29. The van der Waals surface area contributed by atoms with Crippen molar-refractivity contribution in [1.29, 1.82) is 0 Å². The van der Waals surface area contributed by atoms with Crippen LogP contribution < -0.4 is 4.90 Å². The average Bonchev–Trinajstić information content (AvgIpc) is 3.18. The summed E-state index contributed by atoms with van der Waals surface area (Å²) in [4.78, 5) is 45.6. The standard InChI is InChI=1S/C29H35ClN2O5S/c1-19-11-9-12-20(30)23(19)31-16-10-14-29-21(22-27(36)37-18-8-5-13-28(22,2)38-29)25(34)32(24(29)26(31)35)15-6-3-4-7-17-33/h5,9-14,21-22,24,33H,3-4,6-8,15-18H2,1-2H3/t21-,22-,24?,28+,29-/m0/s1. The van der Waals surface area contributed by atoms with Crippen molar-refractivity contribution in [2.45, 2.75) is 61.5 Å². The summed E-state index contributed by atoms with van der Waals surface area (Å²) in [7, 11) is 0. The van der Waals surface area contributed by atoms with Crippen LogP contribution in [0.3, 0.4) is 0 Å². The number of thioether (sulfide) groups is 1. The number of para-hydroxylation sites is 1. The molecule has 0 aromatic heterocycles. The predicted octanol–water partition coefficient (Wildman–Crippen LogP) is 4.29. The second-order valence-corrected chi connectivity index (χ2v) is 13.0. The first-order chi connectivity index (χ1) is 18.2. The third-order valence-corrected chi connectivity index (χ3v) is 10.4. The van der Waals surface area contributed by atoms with Crippen LogP contribution in [0.1, 0.15) is 44.6 Å². The molecule has 4 aliphatic heterocycles. The first-order valence-corrected chi connectivity index (χ1v) is 14.6. The number of rotatable bonds is 7. The summed E-state index contributed by atoms with van der Waals surface area (Å²) in [6.07, 6.45) is 11.8. The Hall–Kier alpha value is -2.29. The maximum absolute atomic E-state index is 14.5. The highest BCUT2D eigenvalue weighted by atomic mass is 35.5. The Morgan fingerprint density at radius 1 is 1.08 bits per heavy atom. The van der Waals surface area contributed by atoms with Crippen LogP contribution in [0.5, 0.6) is 0 Å². The van der Waals surface area contributed by atoms with Gasteiger partial charge in [0.25, 0.3) is 5.91 Å². The van der Waals surface area contributed by atoms with E-state index < -0.39 is 27.4 Å². The van der Waals surface area contributed by atoms with Crippen molar-refractivity contribution < 1.29 is 24.2 Å². The molecule has 2 saturated heterocycles. The lowest BCUT2D eigenvalue weighted by atomic mass is 9.74. The summed E-state index contributed by atoms with van der Waals surface area (Å²) in [5.74, 6) is -2.11. The molecule has 204 valence electrons. The summed E-state index contributed by atoms with van der Waals surface area (Å²) in [6, 6.07) is 4.78. The van der Waals surface area contributed by atoms with E-state index in [1.165, 1.54) is 0 Å². The van der Waals surface area contributed by atoms with Crippen LogP contribution in [-0.4, -0.2) is 69.6 Å². The number of aryl methyl sites for hydroxylation is 1. The number of carbonyl (C=O) groups is 3. The van der Waals surface area contributed by atoms with Crippen molar-refractivity contribution >= 4 is 46.8 Å². The first kappa shape index (κ1) is 27.3. The van der Waals surface area contributed by atoms with Crippen LogP contribution in [0.25, 0.3) is 0 Å². The maximum atomic E-state index is 14.5. The second-order valence-electron chi connectivity index (χ2n) is 10.8. The highest BCUT2D eigenvalue weighted by molar-refractivity contribution is 8.02. The van der Waals surface area contributed by atoms with Gasteiger partial charge in [0.1, 0.15) is 6.04 Å². The molecular formula is C29H35ClN2O5S. The molecule has 4 aliphatic rings. The van der Waals surface area contributed by atoms with Crippen molar-refractivity contribution in [2.24, 2.45) is 11.8 Å². The minimum Gasteiger partial charge on any atom is -0.465 e. The smallest absolute Gasteiger partial charge is 0.311 e. The van der Waals surface area contributed by atoms with Gasteiger partial charge in [0, 0.05) is 24.4 Å². The molecule has 0 saturated carbocycles. The lowest BCUT2D eigenvalue weighted by Crippen LogP contribution is -2.53. The molecular weight excluding hydrogens is 524 g/mol. The minimum atomic E-state index is -0.906. The molecule has 5 rings (SSSR count). The fraction of sp³-hybridized carbons (Fsp3) is 0.552. The van der Waals surface area contributed by atoms with Gasteiger partial charge in [-0.15, -0.1) is 11.8 Å². The SMILES string of the molecule is Cc1cccc(Cl)c1N1CC=C[C@]23S[C@]4(C)C=CCCOC(=O)[C@@H]4[C@H]2C(=O)N(CCCCCCO)C3C1=O. The normalized spacial score (nSPS) is 32.4. The number of hydrogen-bond donors (Lipinski definition) is 1. The van der Waals surface area contributed by atoms with Crippen LogP contribution >= 0.6 is 23.4 Å². The number of amides is 2. The van der Waals surface area contributed by atoms with E-state index in [1.54, 1.807) is 27.6 Å². The molecule has 0 bridgehead atoms. The number of likely N-dealkylation sites (tertiary alicyclic amines) is 1. The summed E-state index contributed by atoms with van der Waals surface area (Å²) >= 11 is 8.17. The van der Waals surface area contributed by atoms with Gasteiger partial charge >= 0.3 is 5.97 Å². The van der Waals surface area contributed by atoms with Gasteiger partial charge < -0.3 is 19.6 Å². The highest BCUT2D eigenvalue weighted by Gasteiger charge is 2.73. The molecule has 4 heterocycles. The Bertz CT molecular complexity index is 1170. The molecule has 0 radical (unpaired) electrons. The zero-order valence-electron chi connectivity index (χ0n) is 21.9. The quantitative estimate of drug-likeness (QED) is 0.305. The summed E-state index contributed by atoms with van der Waals surface area (Å²) < 4.78 is 4.02. The Morgan fingerprint density at radius 3 is 2.63 bits per heavy atom. The second kappa shape index (κ2) is 10.7. The summed E-state index contributed by atoms with van der Waals surface area (Å²) in [5, 5.41) is 9.63. The van der Waals surface area contributed by atoms with Crippen molar-refractivity contribution in [3.63, 3.8) is 0 Å². The molecule has 0 aliphatic carbocycles. The van der Waals surface area contributed by atoms with Crippen LogP contribution in [0.4, 0.5) is 5.69 Å². The molecule has 2 amide bonds. The summed E-state index contributed by atoms with van der Waals surface area (Å²) in [5.41, 5.74) is 1.53. The number of halogens is 1. The number of anilines is 1. The Labute approximate surface area is 233 Å². The molecule has 38 heavy (non-hydrogen) atoms. The Morgan fingerprint density at radius 2 is 1.87 bits per heavy atom. The van der Waals surface area contributed by atoms with Gasteiger partial charge in [-0.3, -0.25) is 14.4 Å². The number of ether oxygens (including phenoxy) is 1. The molecule has 2 fully saturated rings. The zero-order valence-corrected chi connectivity index (χ0v) is 23.5. The van der Waals surface area contributed by atoms with E-state index >= 15 is 0 Å². The van der Waals surface area contributed by atoms with Crippen molar-refractivity contribution in [2.75, 3.05) is 31.2 Å². The number of esters is 1. The molecule has 1 aromatic carbocycles. The third kappa shape index (κ3) is 4.38. The lowest BCUT2D eigenvalue weighted by Gasteiger charge is -2.37. The van der Waals surface area contributed by atoms with Crippen molar-refractivity contribution in [3.05, 3.63) is 53.1 Å². The number of fused-ring (bicyclic) bond motifs is 2. The summed E-state index contributed by atoms with van der Waals surface area (Å²) in [6.45, 7) is 5.08. The van der Waals surface area contributed by atoms with Gasteiger partial charge in [-0.05, 0) is 44.7 Å². The van der Waals surface area contributed by atoms with E-state index in [1.807, 2.05) is 50.3 Å². The molecule has 9 heteroatoms. The van der Waals surface area contributed by atoms with Crippen LogP contribution in [0.15, 0.2) is 42.5 Å². The minimum absolute atomic E-state index is 0.137. The zero-order chi connectivity index (χ0) is 27.1. The monoisotopic (exact) mass is 558 g/mol. The number of aliphatic hydroxyl groups excluding tert-OH is 1. The Kier molecular flexibility index (Phi) is 7.68. The molecule has 1 spiro atoms. The maximum Gasteiger partial charge on any atom is 0.311 e. The molecule has 7 nitrogen and oxygen atoms in total. The number of aliphatic hydroxyl groups is 1. The van der Waals surface area contributed by atoms with E-state index in [-0.39, 0.29) is 31.0 Å². The van der Waals surface area contributed by atoms with Crippen LogP contribution in [0, 0.1) is 18.8 Å². The van der Waals surface area contributed by atoms with Crippen molar-refractivity contribution in [3.8, 4) is 0 Å². The molecule has 1 unspecified atom stereocenters. The van der Waals surface area contributed by atoms with Gasteiger partial charge in [-0.25, -0.2) is 0 Å².